The fraction of sp³-hybridized carbons (Fsp3) is 0.382. The molecule has 1 N–H and O–H groups in total. The maximum atomic E-state index is 16.1. The van der Waals surface area contributed by atoms with Crippen LogP contribution in [0, 0.1) is 11.2 Å². The molecule has 10 heteroatoms. The molecule has 0 aliphatic carbocycles. The largest absolute Gasteiger partial charge is 0.380 e. The average Bonchev–Trinajstić information content (AvgIpc) is 3.65. The number of aromatic nitrogens is 2. The van der Waals surface area contributed by atoms with Crippen molar-refractivity contribution in [2.24, 2.45) is 5.41 Å². The number of hydrogen-bond acceptors (Lipinski definition) is 5. The van der Waals surface area contributed by atoms with E-state index < -0.39 is 17.3 Å². The first-order valence-corrected chi connectivity index (χ1v) is 15.4. The molecule has 1 aromatic heterocycles. The first kappa shape index (κ1) is 29.4. The highest BCUT2D eigenvalue weighted by Crippen LogP contribution is 2.63. The van der Waals surface area contributed by atoms with Crippen LogP contribution in [0.15, 0.2) is 54.6 Å². The average molecular weight is 636 g/mol. The molecule has 2 saturated heterocycles. The number of nitrogens with one attached hydrogen (secondary N) is 1. The third-order valence-corrected chi connectivity index (χ3v) is 10.5. The fourth-order valence-corrected chi connectivity index (χ4v) is 8.54. The van der Waals surface area contributed by atoms with Crippen molar-refractivity contribution >= 4 is 51.5 Å². The number of amides is 1. The van der Waals surface area contributed by atoms with Crippen LogP contribution >= 0.6 is 23.2 Å². The van der Waals surface area contributed by atoms with Crippen LogP contribution in [0.25, 0.3) is 10.9 Å². The van der Waals surface area contributed by atoms with Crippen LogP contribution < -0.4 is 5.32 Å². The van der Waals surface area contributed by atoms with E-state index in [0.717, 1.165) is 16.6 Å². The molecule has 8 rings (SSSR count). The number of ketones is 1. The third-order valence-electron chi connectivity index (χ3n) is 9.98. The van der Waals surface area contributed by atoms with Gasteiger partial charge in [-0.1, -0.05) is 74.8 Å². The van der Waals surface area contributed by atoms with Gasteiger partial charge >= 0.3 is 0 Å². The van der Waals surface area contributed by atoms with Crippen molar-refractivity contribution in [2.45, 2.75) is 57.7 Å². The van der Waals surface area contributed by atoms with Gasteiger partial charge in [-0.05, 0) is 36.4 Å². The molecule has 44 heavy (non-hydrogen) atoms. The first-order valence-electron chi connectivity index (χ1n) is 14.6. The fourth-order valence-electron chi connectivity index (χ4n) is 8.19. The molecule has 1 spiro atoms. The lowest BCUT2D eigenvalue weighted by molar-refractivity contribution is -0.127. The highest BCUT2D eigenvalue weighted by molar-refractivity contribution is 6.31. The van der Waals surface area contributed by atoms with E-state index in [-0.39, 0.29) is 41.6 Å². The summed E-state index contributed by atoms with van der Waals surface area (Å²) < 4.78 is 23.4. The summed E-state index contributed by atoms with van der Waals surface area (Å²) in [5.74, 6) is -1.33. The molecular weight excluding hydrogens is 602 g/mol. The van der Waals surface area contributed by atoms with Crippen molar-refractivity contribution in [1.82, 2.24) is 14.7 Å². The van der Waals surface area contributed by atoms with Gasteiger partial charge in [-0.25, -0.2) is 4.39 Å². The molecule has 5 heterocycles. The summed E-state index contributed by atoms with van der Waals surface area (Å²) in [6.07, 6.45) is 1.04. The monoisotopic (exact) mass is 634 g/mol. The van der Waals surface area contributed by atoms with Gasteiger partial charge in [0.1, 0.15) is 11.4 Å². The Morgan fingerprint density at radius 3 is 2.68 bits per heavy atom. The number of carbonyl (C=O) groups excluding carboxylic acids is 2. The van der Waals surface area contributed by atoms with Crippen LogP contribution in [0.2, 0.25) is 10.0 Å². The van der Waals surface area contributed by atoms with Crippen molar-refractivity contribution in [1.29, 1.82) is 0 Å². The van der Waals surface area contributed by atoms with E-state index in [2.05, 4.69) is 17.1 Å². The minimum absolute atomic E-state index is 0. The Morgan fingerprint density at radius 2 is 1.95 bits per heavy atom. The molecule has 0 unspecified atom stereocenters. The predicted molar refractivity (Wildman–Crippen MR) is 169 cm³/mol. The summed E-state index contributed by atoms with van der Waals surface area (Å²) in [5, 5.41) is 9.59. The maximum absolute atomic E-state index is 16.1. The van der Waals surface area contributed by atoms with Crippen molar-refractivity contribution in [2.75, 3.05) is 25.1 Å². The van der Waals surface area contributed by atoms with Crippen LogP contribution in [-0.2, 0) is 21.5 Å². The Morgan fingerprint density at radius 1 is 1.16 bits per heavy atom. The Kier molecular flexibility index (Phi) is 6.76. The Labute approximate surface area is 265 Å². The van der Waals surface area contributed by atoms with Crippen molar-refractivity contribution in [3.05, 3.63) is 92.8 Å². The van der Waals surface area contributed by atoms with Gasteiger partial charge in [0, 0.05) is 63.1 Å². The number of likely N-dealkylation sites (tertiary alicyclic amines) is 1. The second-order valence-electron chi connectivity index (χ2n) is 12.6. The van der Waals surface area contributed by atoms with Gasteiger partial charge in [0.05, 0.1) is 29.8 Å². The number of rotatable bonds is 5. The van der Waals surface area contributed by atoms with E-state index in [1.165, 1.54) is 6.07 Å². The van der Waals surface area contributed by atoms with Gasteiger partial charge in [0.15, 0.2) is 5.78 Å². The topological polar surface area (TPSA) is 76.5 Å². The summed E-state index contributed by atoms with van der Waals surface area (Å²) in [7, 11) is 0. The van der Waals surface area contributed by atoms with Crippen molar-refractivity contribution in [3.8, 4) is 0 Å². The van der Waals surface area contributed by atoms with Crippen molar-refractivity contribution in [3.63, 3.8) is 0 Å². The number of halogens is 3. The quantitative estimate of drug-likeness (QED) is 0.236. The van der Waals surface area contributed by atoms with Gasteiger partial charge in [0.2, 0.25) is 5.91 Å². The molecule has 1 amide bonds. The van der Waals surface area contributed by atoms with Gasteiger partial charge in [-0.15, -0.1) is 0 Å². The predicted octanol–water partition coefficient (Wildman–Crippen LogP) is 7.16. The molecule has 7 nitrogen and oxygen atoms in total. The molecule has 2 fully saturated rings. The molecule has 228 valence electrons. The molecule has 0 radical (unpaired) electrons. The van der Waals surface area contributed by atoms with Crippen molar-refractivity contribution < 1.29 is 18.7 Å². The van der Waals surface area contributed by atoms with Crippen LogP contribution in [0.3, 0.4) is 0 Å². The zero-order chi connectivity index (χ0) is 29.8. The number of Topliss-reactive ketones (excluding diaryl/α,β-unsaturated/α-hetero) is 1. The van der Waals surface area contributed by atoms with E-state index in [1.807, 2.05) is 35.9 Å². The molecule has 3 aromatic carbocycles. The molecular formula is C34H33Cl2FN4O3. The summed E-state index contributed by atoms with van der Waals surface area (Å²) in [4.78, 5) is 29.7. The summed E-state index contributed by atoms with van der Waals surface area (Å²) in [6.45, 7) is 5.82. The second kappa shape index (κ2) is 10.1. The number of likely N-dealkylation sites (N-methyl/N-ethyl adjacent to an activating group) is 1. The SMILES string of the molecule is C.CCN1[C@H]2Cc3c4ccc(C(=O)CC5(C)COC5)cc4nn3[C@H]2[C@H](c2cccc(Cl)c2F)[C@]12C(=O)Nc1cc(Cl)ccc12. The Balaban J connectivity index is 0.00000312. The molecule has 0 bridgehead atoms. The maximum Gasteiger partial charge on any atom is 0.250 e. The number of fused-ring (bicyclic) bond motifs is 7. The highest BCUT2D eigenvalue weighted by atomic mass is 35.5. The Hall–Kier alpha value is -3.30. The van der Waals surface area contributed by atoms with Gasteiger partial charge in [-0.3, -0.25) is 19.2 Å². The smallest absolute Gasteiger partial charge is 0.250 e. The zero-order valence-corrected chi connectivity index (χ0v) is 25.2. The van der Waals surface area contributed by atoms with Crippen LogP contribution in [0.1, 0.15) is 66.8 Å². The van der Waals surface area contributed by atoms with Gasteiger partial charge < -0.3 is 10.1 Å². The summed E-state index contributed by atoms with van der Waals surface area (Å²) in [6, 6.07) is 15.6. The lowest BCUT2D eigenvalue weighted by atomic mass is 9.73. The van der Waals surface area contributed by atoms with E-state index in [4.69, 9.17) is 33.0 Å². The standard InChI is InChI=1S/C33H29Cl2FN4O3.CH4/c1-3-39-26-13-25-19-9-7-17(27(41)14-32(2)15-43-16-32)11-23(19)38-40(25)30(26)28(20-5-4-6-22(35)29(20)36)33(39)21-10-8-18(34)12-24(21)37-31(33)42;/h4-12,26,28,30H,3,13-16H2,1-2H3,(H,37,42);1H4/t26-,28-,30+,33+;/m0./s1. The Bertz CT molecular complexity index is 1870. The van der Waals surface area contributed by atoms with Gasteiger partial charge in [0.25, 0.3) is 0 Å². The van der Waals surface area contributed by atoms with E-state index in [0.29, 0.717) is 60.0 Å². The number of carbonyl (C=O) groups is 2. The number of nitrogens with zero attached hydrogens (tertiary/aromatic N) is 3. The third kappa shape index (κ3) is 3.84. The molecule has 4 aliphatic heterocycles. The van der Waals surface area contributed by atoms with Crippen LogP contribution in [0.5, 0.6) is 0 Å². The number of anilines is 1. The normalized spacial score (nSPS) is 26.2. The number of benzene rings is 3. The molecule has 0 saturated carbocycles. The highest BCUT2D eigenvalue weighted by Gasteiger charge is 2.69. The summed E-state index contributed by atoms with van der Waals surface area (Å²) >= 11 is 12.7. The lowest BCUT2D eigenvalue weighted by Crippen LogP contribution is -2.52. The molecule has 4 atom stereocenters. The zero-order valence-electron chi connectivity index (χ0n) is 23.7. The number of hydrogen-bond donors (Lipinski definition) is 1. The van der Waals surface area contributed by atoms with Crippen LogP contribution in [-0.4, -0.2) is 52.2 Å². The van der Waals surface area contributed by atoms with E-state index in [9.17, 15) is 9.59 Å². The van der Waals surface area contributed by atoms with E-state index in [1.54, 1.807) is 24.3 Å². The van der Waals surface area contributed by atoms with E-state index >= 15 is 4.39 Å². The van der Waals surface area contributed by atoms with Crippen LogP contribution in [0.4, 0.5) is 10.1 Å². The minimum Gasteiger partial charge on any atom is -0.380 e. The second-order valence-corrected chi connectivity index (χ2v) is 13.4. The van der Waals surface area contributed by atoms with Gasteiger partial charge in [-0.2, -0.15) is 5.10 Å². The molecule has 4 aliphatic rings. The number of ether oxygens (including phenoxy) is 1. The minimum atomic E-state index is -1.20. The first-order chi connectivity index (χ1) is 20.7. The lowest BCUT2D eigenvalue weighted by Gasteiger charge is -2.39. The summed E-state index contributed by atoms with van der Waals surface area (Å²) in [5.41, 5.74) is 2.78. The molecule has 4 aromatic rings.